The number of fused-ring (bicyclic) bond motifs is 13. The van der Waals surface area contributed by atoms with Gasteiger partial charge in [-0.2, -0.15) is 0 Å². The maximum Gasteiger partial charge on any atom is 0.252 e. The molecule has 0 N–H and O–H groups in total. The maximum absolute atomic E-state index is 2.72. The van der Waals surface area contributed by atoms with Crippen LogP contribution in [0.1, 0.15) is 52.7 Å². The standard InChI is InChI=1S/C80H61BN4/c1-79(2,3)54-39-40-69-62(43-54)65-48-73-67(49-72(65)83(69)57-33-20-11-21-34-57)81-66-37-24-36-59-64-47-70-63(58-35-22-23-38-68(58)82(70)56-31-18-10-19-32-56)46-71(64)84(78(59)66)74-41-53(50-25-12-7-13-26-50)42-75(76(74)81)85(73)77-60(51-27-14-8-15-28-51)44-55(80(4,5)6)45-61(77)52-29-16-9-17-30-52/h7-49H,1-6H3. The number of anilines is 3. The number of rotatable bonds is 6. The highest BCUT2D eigenvalue weighted by molar-refractivity contribution is 7.00. The van der Waals surface area contributed by atoms with E-state index in [0.717, 1.165) is 17.1 Å². The van der Waals surface area contributed by atoms with Crippen LogP contribution in [0, 0.1) is 0 Å². The summed E-state index contributed by atoms with van der Waals surface area (Å²) < 4.78 is 7.64. The average Bonchev–Trinajstić information content (AvgIpc) is 1.69. The SMILES string of the molecule is CC(C)(C)c1cc(-c2ccccc2)c(N2c3cc4c5cc(C(C)(C)C)ccc5n(-c5ccccc5)c4cc3B3c4c2cc(-c2ccccc2)cc4-n2c4cc5c6ccccc6n(-c6ccccc6)c5cc4c4cccc3c42)c(-c2ccccc2)c1. The summed E-state index contributed by atoms with van der Waals surface area (Å²) >= 11 is 0. The second kappa shape index (κ2) is 18.2. The first-order valence-electron chi connectivity index (χ1n) is 30.0. The Morgan fingerprint density at radius 3 is 1.39 bits per heavy atom. The van der Waals surface area contributed by atoms with E-state index in [-0.39, 0.29) is 17.5 Å². The van der Waals surface area contributed by atoms with Crippen LogP contribution >= 0.6 is 0 Å². The second-order valence-electron chi connectivity index (χ2n) is 25.7. The molecule has 0 amide bonds. The van der Waals surface area contributed by atoms with E-state index < -0.39 is 0 Å². The Bertz CT molecular complexity index is 5170. The van der Waals surface area contributed by atoms with Crippen molar-refractivity contribution >= 4 is 106 Å². The summed E-state index contributed by atoms with van der Waals surface area (Å²) in [6, 6.07) is 98.8. The molecule has 2 aliphatic rings. The minimum atomic E-state index is -0.150. The van der Waals surface area contributed by atoms with Crippen molar-refractivity contribution in [2.45, 2.75) is 52.4 Å². The van der Waals surface area contributed by atoms with Crippen LogP contribution in [-0.2, 0) is 10.8 Å². The zero-order valence-corrected chi connectivity index (χ0v) is 48.7. The molecule has 0 bridgehead atoms. The summed E-state index contributed by atoms with van der Waals surface area (Å²) in [6.45, 7) is 13.9. The van der Waals surface area contributed by atoms with Crippen molar-refractivity contribution in [3.63, 3.8) is 0 Å². The molecule has 12 aromatic carbocycles. The first-order valence-corrected chi connectivity index (χ1v) is 30.0. The van der Waals surface area contributed by atoms with E-state index in [9.17, 15) is 0 Å². The molecule has 15 aromatic rings. The Kier molecular flexibility index (Phi) is 10.6. The topological polar surface area (TPSA) is 18.0 Å². The number of benzene rings is 12. The largest absolute Gasteiger partial charge is 0.310 e. The van der Waals surface area contributed by atoms with E-state index >= 15 is 0 Å². The maximum atomic E-state index is 2.72. The molecule has 0 radical (unpaired) electrons. The molecule has 0 fully saturated rings. The van der Waals surface area contributed by atoms with Gasteiger partial charge in [0, 0.05) is 77.4 Å². The van der Waals surface area contributed by atoms with Crippen molar-refractivity contribution < 1.29 is 0 Å². The Balaban J connectivity index is 1.08. The molecule has 85 heavy (non-hydrogen) atoms. The van der Waals surface area contributed by atoms with Crippen molar-refractivity contribution in [2.75, 3.05) is 4.90 Å². The van der Waals surface area contributed by atoms with Crippen LogP contribution in [-0.4, -0.2) is 20.4 Å². The second-order valence-corrected chi connectivity index (χ2v) is 25.7. The van der Waals surface area contributed by atoms with Gasteiger partial charge in [0.15, 0.2) is 0 Å². The van der Waals surface area contributed by atoms with Gasteiger partial charge in [-0.15, -0.1) is 0 Å². The molecule has 404 valence electrons. The summed E-state index contributed by atoms with van der Waals surface area (Å²) in [5.41, 5.74) is 27.6. The molecule has 3 aromatic heterocycles. The van der Waals surface area contributed by atoms with Crippen LogP contribution in [0.4, 0.5) is 17.1 Å². The Morgan fingerprint density at radius 2 is 0.776 bits per heavy atom. The molecular formula is C80H61BN4. The molecule has 17 rings (SSSR count). The molecule has 0 aliphatic carbocycles. The summed E-state index contributed by atoms with van der Waals surface area (Å²) in [7, 11) is 0. The van der Waals surface area contributed by atoms with Gasteiger partial charge < -0.3 is 18.6 Å². The number of hydrogen-bond donors (Lipinski definition) is 0. The van der Waals surface area contributed by atoms with Crippen LogP contribution in [0.3, 0.4) is 0 Å². The monoisotopic (exact) mass is 1090 g/mol. The minimum absolute atomic E-state index is 0.0641. The fourth-order valence-electron chi connectivity index (χ4n) is 14.6. The predicted octanol–water partition coefficient (Wildman–Crippen LogP) is 19.2. The molecule has 0 atom stereocenters. The first kappa shape index (κ1) is 49.5. The highest BCUT2D eigenvalue weighted by Crippen LogP contribution is 2.53. The Hall–Kier alpha value is -10.1. The van der Waals surface area contributed by atoms with Gasteiger partial charge in [-0.1, -0.05) is 211 Å². The van der Waals surface area contributed by atoms with E-state index in [2.05, 4.69) is 321 Å². The van der Waals surface area contributed by atoms with E-state index in [1.165, 1.54) is 143 Å². The van der Waals surface area contributed by atoms with Gasteiger partial charge in [-0.05, 0) is 152 Å². The van der Waals surface area contributed by atoms with Gasteiger partial charge in [-0.25, -0.2) is 0 Å². The molecule has 2 aliphatic heterocycles. The van der Waals surface area contributed by atoms with E-state index in [1.54, 1.807) is 0 Å². The molecule has 5 heterocycles. The van der Waals surface area contributed by atoms with Crippen LogP contribution < -0.4 is 21.3 Å². The Labute approximate surface area is 496 Å². The summed E-state index contributed by atoms with van der Waals surface area (Å²) in [5, 5.41) is 7.45. The highest BCUT2D eigenvalue weighted by Gasteiger charge is 2.44. The summed E-state index contributed by atoms with van der Waals surface area (Å²) in [6.07, 6.45) is 0. The van der Waals surface area contributed by atoms with Gasteiger partial charge in [0.2, 0.25) is 0 Å². The Morgan fingerprint density at radius 1 is 0.294 bits per heavy atom. The fraction of sp³-hybridized carbons (Fsp3) is 0.100. The minimum Gasteiger partial charge on any atom is -0.310 e. The van der Waals surface area contributed by atoms with Crippen molar-refractivity contribution in [1.29, 1.82) is 0 Å². The summed E-state index contributed by atoms with van der Waals surface area (Å²) in [5.74, 6) is 0. The lowest BCUT2D eigenvalue weighted by Gasteiger charge is -2.42. The first-order chi connectivity index (χ1) is 41.5. The van der Waals surface area contributed by atoms with Crippen LogP contribution in [0.15, 0.2) is 261 Å². The highest BCUT2D eigenvalue weighted by atomic mass is 15.2. The van der Waals surface area contributed by atoms with E-state index in [1.807, 2.05) is 0 Å². The lowest BCUT2D eigenvalue weighted by atomic mass is 9.33. The van der Waals surface area contributed by atoms with Gasteiger partial charge >= 0.3 is 0 Å². The number of nitrogens with zero attached hydrogens (tertiary/aromatic N) is 4. The van der Waals surface area contributed by atoms with Gasteiger partial charge in [0.1, 0.15) is 0 Å². The van der Waals surface area contributed by atoms with E-state index in [4.69, 9.17) is 0 Å². The fourth-order valence-corrected chi connectivity index (χ4v) is 14.6. The molecule has 0 saturated carbocycles. The molecule has 5 heteroatoms. The smallest absolute Gasteiger partial charge is 0.252 e. The van der Waals surface area contributed by atoms with E-state index in [0.29, 0.717) is 0 Å². The zero-order chi connectivity index (χ0) is 57.0. The average molecular weight is 1090 g/mol. The molecule has 0 saturated heterocycles. The third kappa shape index (κ3) is 7.36. The third-order valence-corrected chi connectivity index (χ3v) is 18.7. The van der Waals surface area contributed by atoms with Crippen molar-refractivity contribution in [1.82, 2.24) is 13.7 Å². The lowest BCUT2D eigenvalue weighted by molar-refractivity contribution is 0.590. The molecule has 4 nitrogen and oxygen atoms in total. The van der Waals surface area contributed by atoms with Gasteiger partial charge in [-0.3, -0.25) is 0 Å². The van der Waals surface area contributed by atoms with Crippen LogP contribution in [0.25, 0.3) is 116 Å². The van der Waals surface area contributed by atoms with Crippen LogP contribution in [0.5, 0.6) is 0 Å². The predicted molar refractivity (Wildman–Crippen MR) is 363 cm³/mol. The lowest BCUT2D eigenvalue weighted by Crippen LogP contribution is -2.60. The van der Waals surface area contributed by atoms with Crippen molar-refractivity contribution in [2.24, 2.45) is 0 Å². The zero-order valence-electron chi connectivity index (χ0n) is 48.7. The van der Waals surface area contributed by atoms with Crippen molar-refractivity contribution in [3.05, 3.63) is 272 Å². The number of hydrogen-bond acceptors (Lipinski definition) is 1. The molecular weight excluding hydrogens is 1030 g/mol. The van der Waals surface area contributed by atoms with Crippen molar-refractivity contribution in [3.8, 4) is 50.4 Å². The number of aromatic nitrogens is 3. The van der Waals surface area contributed by atoms with Crippen LogP contribution in [0.2, 0.25) is 0 Å². The van der Waals surface area contributed by atoms with Gasteiger partial charge in [0.25, 0.3) is 6.71 Å². The summed E-state index contributed by atoms with van der Waals surface area (Å²) in [4.78, 5) is 2.72. The quantitative estimate of drug-likeness (QED) is 0.152. The van der Waals surface area contributed by atoms with Gasteiger partial charge in [0.05, 0.1) is 33.3 Å². The molecule has 0 spiro atoms. The normalized spacial score (nSPS) is 13.0. The third-order valence-electron chi connectivity index (χ3n) is 18.7. The number of para-hydroxylation sites is 4. The molecule has 0 unspecified atom stereocenters.